The Hall–Kier alpha value is -1.91. The second kappa shape index (κ2) is 8.45. The molecule has 0 aliphatic carbocycles. The van der Waals surface area contributed by atoms with Crippen molar-refractivity contribution in [3.63, 3.8) is 0 Å². The van der Waals surface area contributed by atoms with Gasteiger partial charge in [0.2, 0.25) is 0 Å². The van der Waals surface area contributed by atoms with Crippen LogP contribution in [0, 0.1) is 20.8 Å². The largest absolute Gasteiger partial charge is 0.0932 e. The van der Waals surface area contributed by atoms with E-state index in [4.69, 9.17) is 0 Å². The van der Waals surface area contributed by atoms with Crippen LogP contribution in [0.5, 0.6) is 0 Å². The van der Waals surface area contributed by atoms with E-state index in [0.717, 1.165) is 0 Å². The summed E-state index contributed by atoms with van der Waals surface area (Å²) in [7, 11) is -0.118. The zero-order valence-corrected chi connectivity index (χ0v) is 16.4. The summed E-state index contributed by atoms with van der Waals surface area (Å²) >= 11 is 0. The Balaban J connectivity index is 1.77. The van der Waals surface area contributed by atoms with Gasteiger partial charge < -0.3 is 0 Å². The Labute approximate surface area is 153 Å². The molecule has 0 bridgehead atoms. The van der Waals surface area contributed by atoms with Gasteiger partial charge in [-0.05, 0) is 55.9 Å². The fraction of sp³-hybridized carbons (Fsp3) is 0.250. The average molecular weight is 346 g/mol. The van der Waals surface area contributed by atoms with Gasteiger partial charge in [0.05, 0.1) is 0 Å². The third-order valence-corrected chi connectivity index (χ3v) is 7.02. The van der Waals surface area contributed by atoms with Gasteiger partial charge in [-0.1, -0.05) is 97.4 Å². The van der Waals surface area contributed by atoms with E-state index in [0.29, 0.717) is 0 Å². The van der Waals surface area contributed by atoms with E-state index >= 15 is 0 Å². The molecule has 0 aliphatic heterocycles. The minimum atomic E-state index is -0.118. The number of hydrogen-bond acceptors (Lipinski definition) is 0. The van der Waals surface area contributed by atoms with Gasteiger partial charge in [0.1, 0.15) is 0 Å². The molecule has 0 heterocycles. The molecule has 0 nitrogen and oxygen atoms in total. The summed E-state index contributed by atoms with van der Waals surface area (Å²) in [5.74, 6) is 0. The molecule has 3 aromatic carbocycles. The quantitative estimate of drug-likeness (QED) is 0.422. The molecule has 0 N–H and O–H groups in total. The van der Waals surface area contributed by atoms with Crippen LogP contribution in [0.3, 0.4) is 0 Å². The molecular weight excluding hydrogens is 319 g/mol. The third-order valence-electron chi connectivity index (χ3n) is 4.58. The van der Waals surface area contributed by atoms with Gasteiger partial charge in [0, 0.05) is 0 Å². The SMILES string of the molecule is Cc1ccc(CP(Cc2ccc(C)cc2)Cc2ccc(C)cc2)cc1. The zero-order valence-electron chi connectivity index (χ0n) is 15.5. The maximum atomic E-state index is 2.30. The number of benzene rings is 3. The van der Waals surface area contributed by atoms with Gasteiger partial charge in [-0.2, -0.15) is 0 Å². The van der Waals surface area contributed by atoms with E-state index in [-0.39, 0.29) is 7.92 Å². The Kier molecular flexibility index (Phi) is 6.05. The fourth-order valence-electron chi connectivity index (χ4n) is 3.02. The number of aryl methyl sites for hydroxylation is 3. The van der Waals surface area contributed by atoms with Crippen molar-refractivity contribution in [2.45, 2.75) is 39.3 Å². The summed E-state index contributed by atoms with van der Waals surface area (Å²) in [5.41, 5.74) is 8.42. The van der Waals surface area contributed by atoms with Crippen molar-refractivity contribution in [1.82, 2.24) is 0 Å². The summed E-state index contributed by atoms with van der Waals surface area (Å²) in [6.07, 6.45) is 3.58. The van der Waals surface area contributed by atoms with Crippen molar-refractivity contribution >= 4 is 7.92 Å². The lowest BCUT2D eigenvalue weighted by atomic mass is 10.2. The van der Waals surface area contributed by atoms with Crippen molar-refractivity contribution in [2.75, 3.05) is 0 Å². The lowest BCUT2D eigenvalue weighted by Gasteiger charge is -2.19. The van der Waals surface area contributed by atoms with Gasteiger partial charge >= 0.3 is 0 Å². The molecule has 0 spiro atoms. The summed E-state index contributed by atoms with van der Waals surface area (Å²) in [6, 6.07) is 27.2. The van der Waals surface area contributed by atoms with Crippen LogP contribution in [-0.2, 0) is 18.5 Å². The van der Waals surface area contributed by atoms with E-state index in [1.165, 1.54) is 51.9 Å². The van der Waals surface area contributed by atoms with Crippen LogP contribution in [0.1, 0.15) is 33.4 Å². The van der Waals surface area contributed by atoms with E-state index in [1.807, 2.05) is 0 Å². The van der Waals surface area contributed by atoms with E-state index < -0.39 is 0 Å². The van der Waals surface area contributed by atoms with Crippen molar-refractivity contribution in [3.05, 3.63) is 106 Å². The molecular formula is C24H27P. The molecule has 1 heteroatoms. The maximum Gasteiger partial charge on any atom is -0.00671 e. The molecule has 0 atom stereocenters. The van der Waals surface area contributed by atoms with Crippen molar-refractivity contribution < 1.29 is 0 Å². The molecule has 3 rings (SSSR count). The second-order valence-electron chi connectivity index (χ2n) is 7.10. The summed E-state index contributed by atoms with van der Waals surface area (Å²) < 4.78 is 0. The highest BCUT2D eigenvalue weighted by Gasteiger charge is 2.11. The highest BCUT2D eigenvalue weighted by Crippen LogP contribution is 2.46. The normalized spacial score (nSPS) is 11.0. The minimum Gasteiger partial charge on any atom is -0.0932 e. The van der Waals surface area contributed by atoms with Crippen LogP contribution in [-0.4, -0.2) is 0 Å². The van der Waals surface area contributed by atoms with Crippen LogP contribution >= 0.6 is 7.92 Å². The Morgan fingerprint density at radius 1 is 0.440 bits per heavy atom. The number of rotatable bonds is 6. The van der Waals surface area contributed by atoms with Gasteiger partial charge in [-0.3, -0.25) is 0 Å². The molecule has 0 unspecified atom stereocenters. The van der Waals surface area contributed by atoms with Gasteiger partial charge in [-0.25, -0.2) is 0 Å². The van der Waals surface area contributed by atoms with Crippen LogP contribution in [0.2, 0.25) is 0 Å². The lowest BCUT2D eigenvalue weighted by molar-refractivity contribution is 1.25. The second-order valence-corrected chi connectivity index (χ2v) is 9.39. The predicted octanol–water partition coefficient (Wildman–Crippen LogP) is 6.99. The first-order valence-electron chi connectivity index (χ1n) is 8.97. The molecule has 25 heavy (non-hydrogen) atoms. The summed E-state index contributed by atoms with van der Waals surface area (Å²) in [5, 5.41) is 0. The van der Waals surface area contributed by atoms with Crippen molar-refractivity contribution in [2.24, 2.45) is 0 Å². The molecule has 0 saturated heterocycles. The van der Waals surface area contributed by atoms with Gasteiger partial charge in [0.25, 0.3) is 0 Å². The van der Waals surface area contributed by atoms with Crippen LogP contribution in [0.15, 0.2) is 72.8 Å². The molecule has 128 valence electrons. The lowest BCUT2D eigenvalue weighted by Crippen LogP contribution is -1.94. The van der Waals surface area contributed by atoms with Gasteiger partial charge in [-0.15, -0.1) is 0 Å². The summed E-state index contributed by atoms with van der Waals surface area (Å²) in [4.78, 5) is 0. The smallest absolute Gasteiger partial charge is 0.00671 e. The molecule has 0 aliphatic rings. The van der Waals surface area contributed by atoms with Gasteiger partial charge in [0.15, 0.2) is 0 Å². The Bertz CT molecular complexity index is 670. The summed E-state index contributed by atoms with van der Waals surface area (Å²) in [6.45, 7) is 6.47. The molecule has 0 fully saturated rings. The number of hydrogen-bond donors (Lipinski definition) is 0. The molecule has 0 radical (unpaired) electrons. The monoisotopic (exact) mass is 346 g/mol. The first kappa shape index (κ1) is 17.9. The average Bonchev–Trinajstić information content (AvgIpc) is 2.61. The Morgan fingerprint density at radius 2 is 0.680 bits per heavy atom. The van der Waals surface area contributed by atoms with E-state index in [1.54, 1.807) is 0 Å². The van der Waals surface area contributed by atoms with E-state index in [9.17, 15) is 0 Å². The highest BCUT2D eigenvalue weighted by atomic mass is 31.1. The topological polar surface area (TPSA) is 0 Å². The molecule has 0 aromatic heterocycles. The first-order chi connectivity index (χ1) is 12.1. The standard InChI is InChI=1S/C24H27P/c1-19-4-10-22(11-5-19)16-25(17-23-12-6-20(2)7-13-23)18-24-14-8-21(3)9-15-24/h4-15H,16-18H2,1-3H3. The van der Waals surface area contributed by atoms with Crippen LogP contribution in [0.4, 0.5) is 0 Å². The minimum absolute atomic E-state index is 0.118. The van der Waals surface area contributed by atoms with Crippen molar-refractivity contribution in [1.29, 1.82) is 0 Å². The van der Waals surface area contributed by atoms with Crippen molar-refractivity contribution in [3.8, 4) is 0 Å². The first-order valence-corrected chi connectivity index (χ1v) is 10.9. The molecule has 0 amide bonds. The molecule has 3 aromatic rings. The van der Waals surface area contributed by atoms with Crippen LogP contribution < -0.4 is 0 Å². The Morgan fingerprint density at radius 3 is 0.920 bits per heavy atom. The van der Waals surface area contributed by atoms with Crippen LogP contribution in [0.25, 0.3) is 0 Å². The zero-order chi connectivity index (χ0) is 17.6. The maximum absolute atomic E-state index is 2.30. The van der Waals surface area contributed by atoms with E-state index in [2.05, 4.69) is 93.6 Å². The molecule has 0 saturated carbocycles. The predicted molar refractivity (Wildman–Crippen MR) is 112 cm³/mol. The highest BCUT2D eigenvalue weighted by molar-refractivity contribution is 7.55. The third kappa shape index (κ3) is 5.55. The fourth-order valence-corrected chi connectivity index (χ4v) is 5.54.